The first kappa shape index (κ1) is 19.7. The maximum Gasteiger partial charge on any atom is 0.260 e. The van der Waals surface area contributed by atoms with E-state index < -0.39 is 5.82 Å². The van der Waals surface area contributed by atoms with Gasteiger partial charge in [0.05, 0.1) is 12.8 Å². The molecule has 3 rings (SSSR count). The molecule has 0 aliphatic carbocycles. The minimum absolute atomic E-state index is 0.0908. The molecule has 2 amide bonds. The number of piperidine rings is 1. The fraction of sp³-hybridized carbons (Fsp3) is 0.333. The summed E-state index contributed by atoms with van der Waals surface area (Å²) >= 11 is 0. The van der Waals surface area contributed by atoms with Gasteiger partial charge < -0.3 is 19.7 Å². The van der Waals surface area contributed by atoms with E-state index in [2.05, 4.69) is 5.32 Å². The van der Waals surface area contributed by atoms with Crippen LogP contribution in [0.15, 0.2) is 48.5 Å². The van der Waals surface area contributed by atoms with Crippen LogP contribution in [0, 0.1) is 11.7 Å². The van der Waals surface area contributed by atoms with Gasteiger partial charge in [-0.15, -0.1) is 0 Å². The fourth-order valence-electron chi connectivity index (χ4n) is 3.16. The zero-order chi connectivity index (χ0) is 19.9. The Morgan fingerprint density at radius 2 is 1.71 bits per heavy atom. The fourth-order valence-corrected chi connectivity index (χ4v) is 3.16. The quantitative estimate of drug-likeness (QED) is 0.829. The van der Waals surface area contributed by atoms with Gasteiger partial charge in [0.1, 0.15) is 5.82 Å². The highest BCUT2D eigenvalue weighted by molar-refractivity contribution is 5.92. The zero-order valence-corrected chi connectivity index (χ0v) is 15.7. The Balaban J connectivity index is 1.47. The van der Waals surface area contributed by atoms with Crippen LogP contribution in [0.2, 0.25) is 0 Å². The lowest BCUT2D eigenvalue weighted by Gasteiger charge is -2.31. The predicted octanol–water partition coefficient (Wildman–Crippen LogP) is 3.09. The van der Waals surface area contributed by atoms with Gasteiger partial charge in [-0.2, -0.15) is 0 Å². The number of likely N-dealkylation sites (tertiary alicyclic amines) is 1. The summed E-state index contributed by atoms with van der Waals surface area (Å²) in [4.78, 5) is 26.4. The molecule has 1 heterocycles. The van der Waals surface area contributed by atoms with Crippen molar-refractivity contribution < 1.29 is 23.5 Å². The highest BCUT2D eigenvalue weighted by Crippen LogP contribution is 2.26. The lowest BCUT2D eigenvalue weighted by Crippen LogP contribution is -2.43. The molecule has 28 heavy (non-hydrogen) atoms. The van der Waals surface area contributed by atoms with Gasteiger partial charge in [-0.25, -0.2) is 4.39 Å². The van der Waals surface area contributed by atoms with Gasteiger partial charge >= 0.3 is 0 Å². The smallest absolute Gasteiger partial charge is 0.260 e. The first-order valence-electron chi connectivity index (χ1n) is 9.17. The van der Waals surface area contributed by atoms with E-state index in [-0.39, 0.29) is 30.0 Å². The van der Waals surface area contributed by atoms with Crippen LogP contribution >= 0.6 is 0 Å². The van der Waals surface area contributed by atoms with Crippen LogP contribution < -0.4 is 14.8 Å². The number of amides is 2. The lowest BCUT2D eigenvalue weighted by atomic mass is 9.95. The lowest BCUT2D eigenvalue weighted by molar-refractivity contribution is -0.136. The van der Waals surface area contributed by atoms with E-state index in [9.17, 15) is 14.0 Å². The van der Waals surface area contributed by atoms with Gasteiger partial charge in [0.25, 0.3) is 5.91 Å². The molecule has 0 spiro atoms. The molecule has 1 N–H and O–H groups in total. The summed E-state index contributed by atoms with van der Waals surface area (Å²) in [5.41, 5.74) is 0.177. The molecular weight excluding hydrogens is 363 g/mol. The number of ether oxygens (including phenoxy) is 2. The SMILES string of the molecule is COc1ccccc1OCC(=O)N1CCC(C(=O)Nc2ccccc2F)CC1. The molecule has 0 saturated carbocycles. The zero-order valence-electron chi connectivity index (χ0n) is 15.7. The van der Waals surface area contributed by atoms with Gasteiger partial charge in [-0.1, -0.05) is 24.3 Å². The molecule has 0 bridgehead atoms. The van der Waals surface area contributed by atoms with E-state index >= 15 is 0 Å². The number of benzene rings is 2. The van der Waals surface area contributed by atoms with Crippen molar-refractivity contribution in [3.63, 3.8) is 0 Å². The molecule has 1 fully saturated rings. The maximum atomic E-state index is 13.7. The third-order valence-electron chi connectivity index (χ3n) is 4.77. The van der Waals surface area contributed by atoms with E-state index in [0.29, 0.717) is 37.4 Å². The molecule has 6 nitrogen and oxygen atoms in total. The summed E-state index contributed by atoms with van der Waals surface area (Å²) in [7, 11) is 1.54. The van der Waals surface area contributed by atoms with Crippen LogP contribution in [0.3, 0.4) is 0 Å². The van der Waals surface area contributed by atoms with Crippen molar-refractivity contribution in [2.45, 2.75) is 12.8 Å². The first-order chi connectivity index (χ1) is 13.6. The van der Waals surface area contributed by atoms with Crippen molar-refractivity contribution >= 4 is 17.5 Å². The largest absolute Gasteiger partial charge is 0.493 e. The summed E-state index contributed by atoms with van der Waals surface area (Å²) in [6, 6.07) is 13.2. The monoisotopic (exact) mass is 386 g/mol. The standard InChI is InChI=1S/C21H23FN2O4/c1-27-18-8-4-5-9-19(18)28-14-20(25)24-12-10-15(11-13-24)21(26)23-17-7-3-2-6-16(17)22/h2-9,15H,10-14H2,1H3,(H,23,26). The number of hydrogen-bond donors (Lipinski definition) is 1. The van der Waals surface area contributed by atoms with Crippen LogP contribution in [0.1, 0.15) is 12.8 Å². The second-order valence-corrected chi connectivity index (χ2v) is 6.56. The number of nitrogens with one attached hydrogen (secondary N) is 1. The van der Waals surface area contributed by atoms with Gasteiger partial charge in [0.15, 0.2) is 18.1 Å². The first-order valence-corrected chi connectivity index (χ1v) is 9.17. The van der Waals surface area contributed by atoms with Crippen molar-refractivity contribution in [2.75, 3.05) is 32.1 Å². The number of anilines is 1. The van der Waals surface area contributed by atoms with Crippen molar-refractivity contribution in [3.05, 3.63) is 54.3 Å². The highest BCUT2D eigenvalue weighted by Gasteiger charge is 2.28. The number of para-hydroxylation sites is 3. The Kier molecular flexibility index (Phi) is 6.47. The predicted molar refractivity (Wildman–Crippen MR) is 103 cm³/mol. The van der Waals surface area contributed by atoms with Crippen molar-refractivity contribution in [1.29, 1.82) is 0 Å². The van der Waals surface area contributed by atoms with Crippen LogP contribution in [-0.4, -0.2) is 43.5 Å². The molecule has 148 valence electrons. The van der Waals surface area contributed by atoms with Gasteiger partial charge in [-0.3, -0.25) is 9.59 Å². The third-order valence-corrected chi connectivity index (χ3v) is 4.77. The normalized spacial score (nSPS) is 14.4. The van der Waals surface area contributed by atoms with E-state index in [4.69, 9.17) is 9.47 Å². The Morgan fingerprint density at radius 3 is 2.39 bits per heavy atom. The van der Waals surface area contributed by atoms with Crippen molar-refractivity contribution in [2.24, 2.45) is 5.92 Å². The molecule has 0 unspecified atom stereocenters. The molecule has 0 aromatic heterocycles. The minimum atomic E-state index is -0.461. The molecule has 0 radical (unpaired) electrons. The van der Waals surface area contributed by atoms with E-state index in [1.807, 2.05) is 12.1 Å². The Labute approximate surface area is 163 Å². The number of hydrogen-bond acceptors (Lipinski definition) is 4. The Morgan fingerprint density at radius 1 is 1.07 bits per heavy atom. The van der Waals surface area contributed by atoms with Gasteiger partial charge in [0, 0.05) is 19.0 Å². The highest BCUT2D eigenvalue weighted by atomic mass is 19.1. The van der Waals surface area contributed by atoms with Gasteiger partial charge in [-0.05, 0) is 37.1 Å². The number of nitrogens with zero attached hydrogens (tertiary/aromatic N) is 1. The number of carbonyl (C=O) groups excluding carboxylic acids is 2. The number of rotatable bonds is 6. The summed E-state index contributed by atoms with van der Waals surface area (Å²) in [5, 5.41) is 2.63. The van der Waals surface area contributed by atoms with Crippen LogP contribution in [-0.2, 0) is 9.59 Å². The van der Waals surface area contributed by atoms with Crippen LogP contribution in [0.25, 0.3) is 0 Å². The summed E-state index contributed by atoms with van der Waals surface area (Å²) < 4.78 is 24.4. The second-order valence-electron chi connectivity index (χ2n) is 6.56. The number of methoxy groups -OCH3 is 1. The van der Waals surface area contributed by atoms with Crippen molar-refractivity contribution in [3.8, 4) is 11.5 Å². The number of halogens is 1. The van der Waals surface area contributed by atoms with E-state index in [1.165, 1.54) is 12.1 Å². The molecular formula is C21H23FN2O4. The molecule has 2 aromatic carbocycles. The maximum absolute atomic E-state index is 13.7. The average molecular weight is 386 g/mol. The average Bonchev–Trinajstić information content (AvgIpc) is 2.74. The summed E-state index contributed by atoms with van der Waals surface area (Å²) in [6.45, 7) is 0.833. The molecule has 1 saturated heterocycles. The van der Waals surface area contributed by atoms with Crippen molar-refractivity contribution in [1.82, 2.24) is 4.90 Å². The third kappa shape index (κ3) is 4.79. The molecule has 1 aliphatic rings. The minimum Gasteiger partial charge on any atom is -0.493 e. The summed E-state index contributed by atoms with van der Waals surface area (Å²) in [5.74, 6) is 0.00779. The second kappa shape index (κ2) is 9.21. The Hall–Kier alpha value is -3.09. The van der Waals surface area contributed by atoms with Crippen LogP contribution in [0.4, 0.5) is 10.1 Å². The van der Waals surface area contributed by atoms with E-state index in [1.54, 1.807) is 36.3 Å². The molecule has 2 aromatic rings. The van der Waals surface area contributed by atoms with Crippen LogP contribution in [0.5, 0.6) is 11.5 Å². The van der Waals surface area contributed by atoms with E-state index in [0.717, 1.165) is 0 Å². The van der Waals surface area contributed by atoms with Gasteiger partial charge in [0.2, 0.25) is 5.91 Å². The topological polar surface area (TPSA) is 67.9 Å². The molecule has 7 heteroatoms. The molecule has 1 aliphatic heterocycles. The molecule has 0 atom stereocenters. The summed E-state index contributed by atoms with van der Waals surface area (Å²) in [6.07, 6.45) is 1.06. The number of carbonyl (C=O) groups is 2. The Bertz CT molecular complexity index is 835.